The number of alkyl halides is 3. The Morgan fingerprint density at radius 3 is 2.53 bits per heavy atom. The molecule has 0 saturated carbocycles. The Morgan fingerprint density at radius 1 is 1.26 bits per heavy atom. The molecule has 3 N–H and O–H groups in total. The summed E-state index contributed by atoms with van der Waals surface area (Å²) in [6.07, 6.45) is -0.788. The Labute approximate surface area is 112 Å². The third-order valence-corrected chi connectivity index (χ3v) is 3.52. The number of pyridine rings is 1. The Hall–Kier alpha value is -1.44. The first-order chi connectivity index (χ1) is 9.02. The molecule has 3 nitrogen and oxygen atoms in total. The maximum absolute atomic E-state index is 12.8. The second kappa shape index (κ2) is 5.68. The van der Waals surface area contributed by atoms with Gasteiger partial charge in [-0.1, -0.05) is 0 Å². The molecule has 0 spiro atoms. The van der Waals surface area contributed by atoms with Gasteiger partial charge >= 0.3 is 6.18 Å². The molecular formula is C12H12F3N3S. The number of nitrogens with zero attached hydrogens (tertiary/aromatic N) is 1. The van der Waals surface area contributed by atoms with Crippen LogP contribution in [0.25, 0.3) is 0 Å². The average Bonchev–Trinajstić information content (AvgIpc) is 2.86. The summed E-state index contributed by atoms with van der Waals surface area (Å²) in [4.78, 5) is 3.87. The van der Waals surface area contributed by atoms with E-state index in [0.717, 1.165) is 22.3 Å². The second-order valence-corrected chi connectivity index (χ2v) is 4.76. The SMILES string of the molecule is NNC(Cc1ccncc1)c1cscc1C(F)(F)F. The lowest BCUT2D eigenvalue weighted by Gasteiger charge is -2.18. The fraction of sp³-hybridized carbons (Fsp3) is 0.250. The van der Waals surface area contributed by atoms with Crippen LogP contribution < -0.4 is 11.3 Å². The first-order valence-electron chi connectivity index (χ1n) is 5.50. The van der Waals surface area contributed by atoms with Crippen molar-refractivity contribution < 1.29 is 13.2 Å². The van der Waals surface area contributed by atoms with Crippen LogP contribution in [0.1, 0.15) is 22.7 Å². The number of halogens is 3. The van der Waals surface area contributed by atoms with E-state index in [4.69, 9.17) is 5.84 Å². The van der Waals surface area contributed by atoms with Crippen molar-refractivity contribution in [3.8, 4) is 0 Å². The molecule has 0 aromatic carbocycles. The summed E-state index contributed by atoms with van der Waals surface area (Å²) in [5.41, 5.74) is 2.87. The Bertz CT molecular complexity index is 525. The van der Waals surface area contributed by atoms with E-state index in [1.165, 1.54) is 5.38 Å². The van der Waals surface area contributed by atoms with Gasteiger partial charge in [-0.3, -0.25) is 16.3 Å². The highest BCUT2D eigenvalue weighted by Crippen LogP contribution is 2.37. The molecule has 0 radical (unpaired) electrons. The number of nitrogens with one attached hydrogen (secondary N) is 1. The van der Waals surface area contributed by atoms with Crippen LogP contribution in [-0.4, -0.2) is 4.98 Å². The van der Waals surface area contributed by atoms with Gasteiger partial charge in [-0.25, -0.2) is 0 Å². The van der Waals surface area contributed by atoms with Crippen molar-refractivity contribution in [1.29, 1.82) is 0 Å². The monoisotopic (exact) mass is 287 g/mol. The van der Waals surface area contributed by atoms with Crippen molar-refractivity contribution in [1.82, 2.24) is 10.4 Å². The summed E-state index contributed by atoms with van der Waals surface area (Å²) in [5.74, 6) is 5.40. The van der Waals surface area contributed by atoms with E-state index in [2.05, 4.69) is 10.4 Å². The second-order valence-electron chi connectivity index (χ2n) is 4.02. The molecule has 0 aliphatic heterocycles. The zero-order valence-corrected chi connectivity index (χ0v) is 10.6. The summed E-state index contributed by atoms with van der Waals surface area (Å²) >= 11 is 1.02. The van der Waals surface area contributed by atoms with E-state index in [1.807, 2.05) is 0 Å². The molecule has 2 aromatic rings. The van der Waals surface area contributed by atoms with Crippen molar-refractivity contribution in [2.24, 2.45) is 5.84 Å². The number of rotatable bonds is 4. The fourth-order valence-electron chi connectivity index (χ4n) is 1.82. The number of hydrogen-bond donors (Lipinski definition) is 2. The predicted octanol–water partition coefficient (Wildman–Crippen LogP) is 2.91. The first kappa shape index (κ1) is 14.0. The minimum atomic E-state index is -4.36. The Morgan fingerprint density at radius 2 is 1.95 bits per heavy atom. The smallest absolute Gasteiger partial charge is 0.271 e. The maximum atomic E-state index is 12.8. The van der Waals surface area contributed by atoms with Gasteiger partial charge in [0.2, 0.25) is 0 Å². The lowest BCUT2D eigenvalue weighted by Crippen LogP contribution is -2.30. The van der Waals surface area contributed by atoms with Crippen LogP contribution in [0.15, 0.2) is 35.3 Å². The lowest BCUT2D eigenvalue weighted by molar-refractivity contribution is -0.138. The summed E-state index contributed by atoms with van der Waals surface area (Å²) in [6.45, 7) is 0. The summed E-state index contributed by atoms with van der Waals surface area (Å²) in [5, 5.41) is 2.58. The van der Waals surface area contributed by atoms with Crippen molar-refractivity contribution >= 4 is 11.3 Å². The molecule has 7 heteroatoms. The van der Waals surface area contributed by atoms with Gasteiger partial charge in [-0.15, -0.1) is 0 Å². The molecule has 0 aliphatic carbocycles. The molecule has 0 bridgehead atoms. The number of nitrogens with two attached hydrogens (primary N) is 1. The van der Waals surface area contributed by atoms with Crippen LogP contribution >= 0.6 is 11.3 Å². The molecule has 2 heterocycles. The van der Waals surface area contributed by atoms with Crippen molar-refractivity contribution in [2.45, 2.75) is 18.6 Å². The standard InChI is InChI=1S/C12H12F3N3S/c13-12(14,15)10-7-19-6-9(10)11(18-16)5-8-1-3-17-4-2-8/h1-4,6-7,11,18H,5,16H2. The van der Waals surface area contributed by atoms with Crippen LogP contribution in [0.3, 0.4) is 0 Å². The van der Waals surface area contributed by atoms with Gasteiger partial charge in [0.15, 0.2) is 0 Å². The molecule has 0 amide bonds. The first-order valence-corrected chi connectivity index (χ1v) is 6.45. The minimum Gasteiger partial charge on any atom is -0.271 e. The third kappa shape index (κ3) is 3.31. The zero-order valence-electron chi connectivity index (χ0n) is 9.82. The number of aromatic nitrogens is 1. The van der Waals surface area contributed by atoms with Crippen LogP contribution in [0.2, 0.25) is 0 Å². The van der Waals surface area contributed by atoms with E-state index in [-0.39, 0.29) is 5.56 Å². The van der Waals surface area contributed by atoms with Gasteiger partial charge in [0, 0.05) is 17.8 Å². The van der Waals surface area contributed by atoms with Crippen LogP contribution in [0.4, 0.5) is 13.2 Å². The number of thiophene rings is 1. The molecule has 2 aromatic heterocycles. The van der Waals surface area contributed by atoms with Gasteiger partial charge < -0.3 is 0 Å². The fourth-order valence-corrected chi connectivity index (χ4v) is 2.73. The van der Waals surface area contributed by atoms with E-state index >= 15 is 0 Å². The number of hydrazine groups is 1. The molecule has 0 saturated heterocycles. The van der Waals surface area contributed by atoms with E-state index < -0.39 is 17.8 Å². The molecule has 102 valence electrons. The highest BCUT2D eigenvalue weighted by atomic mass is 32.1. The molecule has 1 unspecified atom stereocenters. The van der Waals surface area contributed by atoms with Gasteiger partial charge in [0.25, 0.3) is 0 Å². The van der Waals surface area contributed by atoms with Gasteiger partial charge in [-0.05, 0) is 35.1 Å². The lowest BCUT2D eigenvalue weighted by atomic mass is 9.99. The minimum absolute atomic E-state index is 0.178. The van der Waals surface area contributed by atoms with Crippen LogP contribution in [0.5, 0.6) is 0 Å². The molecule has 0 fully saturated rings. The summed E-state index contributed by atoms with van der Waals surface area (Å²) < 4.78 is 38.5. The third-order valence-electron chi connectivity index (χ3n) is 2.76. The molecule has 1 atom stereocenters. The molecule has 0 aliphatic rings. The molecule has 19 heavy (non-hydrogen) atoms. The van der Waals surface area contributed by atoms with Crippen LogP contribution in [0, 0.1) is 0 Å². The summed E-state index contributed by atoms with van der Waals surface area (Å²) in [6, 6.07) is 2.93. The topological polar surface area (TPSA) is 50.9 Å². The van der Waals surface area contributed by atoms with Crippen LogP contribution in [-0.2, 0) is 12.6 Å². The quantitative estimate of drug-likeness (QED) is 0.671. The highest BCUT2D eigenvalue weighted by Gasteiger charge is 2.35. The average molecular weight is 287 g/mol. The highest BCUT2D eigenvalue weighted by molar-refractivity contribution is 7.08. The van der Waals surface area contributed by atoms with Gasteiger partial charge in [0.1, 0.15) is 0 Å². The van der Waals surface area contributed by atoms with E-state index in [9.17, 15) is 13.2 Å². The Kier molecular flexibility index (Phi) is 4.18. The maximum Gasteiger partial charge on any atom is 0.417 e. The van der Waals surface area contributed by atoms with Crippen molar-refractivity contribution in [3.05, 3.63) is 52.0 Å². The van der Waals surface area contributed by atoms with Crippen molar-refractivity contribution in [2.75, 3.05) is 0 Å². The van der Waals surface area contributed by atoms with Crippen molar-refractivity contribution in [3.63, 3.8) is 0 Å². The van der Waals surface area contributed by atoms with E-state index in [1.54, 1.807) is 24.5 Å². The zero-order chi connectivity index (χ0) is 13.9. The van der Waals surface area contributed by atoms with Gasteiger partial charge in [0.05, 0.1) is 11.6 Å². The number of hydrogen-bond acceptors (Lipinski definition) is 4. The normalized spacial score (nSPS) is 13.5. The predicted molar refractivity (Wildman–Crippen MR) is 67.3 cm³/mol. The summed E-state index contributed by atoms with van der Waals surface area (Å²) in [7, 11) is 0. The van der Waals surface area contributed by atoms with Gasteiger partial charge in [-0.2, -0.15) is 24.5 Å². The van der Waals surface area contributed by atoms with E-state index in [0.29, 0.717) is 6.42 Å². The Balaban J connectivity index is 2.26. The molecular weight excluding hydrogens is 275 g/mol. The largest absolute Gasteiger partial charge is 0.417 e. The molecule has 2 rings (SSSR count).